The summed E-state index contributed by atoms with van der Waals surface area (Å²) in [5.41, 5.74) is 0.166. The molecule has 6 nitrogen and oxygen atoms in total. The van der Waals surface area contributed by atoms with Gasteiger partial charge in [-0.2, -0.15) is 13.2 Å². The molecular formula is C13H15F3N2O4S. The van der Waals surface area contributed by atoms with E-state index in [0.717, 1.165) is 18.2 Å². The number of sulfone groups is 1. The summed E-state index contributed by atoms with van der Waals surface area (Å²) >= 11 is 0. The van der Waals surface area contributed by atoms with E-state index in [0.29, 0.717) is 12.8 Å². The number of alkyl halides is 3. The van der Waals surface area contributed by atoms with Crippen LogP contribution in [0.4, 0.5) is 18.9 Å². The third kappa shape index (κ3) is 3.48. The van der Waals surface area contributed by atoms with Gasteiger partial charge in [0.1, 0.15) is 0 Å². The molecule has 0 spiro atoms. The Balaban J connectivity index is 2.20. The number of halogens is 3. The number of aliphatic hydroxyl groups excluding tert-OH is 1. The van der Waals surface area contributed by atoms with Gasteiger partial charge in [0.15, 0.2) is 0 Å². The molecule has 0 radical (unpaired) electrons. The summed E-state index contributed by atoms with van der Waals surface area (Å²) in [6, 6.07) is 3.13. The Morgan fingerprint density at radius 2 is 1.96 bits per heavy atom. The Morgan fingerprint density at radius 3 is 2.48 bits per heavy atom. The monoisotopic (exact) mass is 352 g/mol. The maximum atomic E-state index is 12.5. The van der Waals surface area contributed by atoms with Crippen LogP contribution in [0.1, 0.15) is 12.8 Å². The minimum atomic E-state index is -5.49. The highest BCUT2D eigenvalue weighted by Crippen LogP contribution is 2.32. The summed E-state index contributed by atoms with van der Waals surface area (Å²) in [6.07, 6.45) is -0.126. The molecule has 10 heteroatoms. The molecule has 1 aliphatic rings. The van der Waals surface area contributed by atoms with Gasteiger partial charge in [0.2, 0.25) is 5.91 Å². The fourth-order valence-corrected chi connectivity index (χ4v) is 3.23. The van der Waals surface area contributed by atoms with Crippen LogP contribution in [0, 0.1) is 5.92 Å². The Bertz CT molecular complexity index is 705. The van der Waals surface area contributed by atoms with E-state index in [1.54, 1.807) is 0 Å². The predicted molar refractivity (Wildman–Crippen MR) is 75.0 cm³/mol. The van der Waals surface area contributed by atoms with Crippen molar-refractivity contribution in [2.24, 2.45) is 11.7 Å². The third-order valence-corrected chi connectivity index (χ3v) is 5.22. The summed E-state index contributed by atoms with van der Waals surface area (Å²) in [5.74, 6) is -1.26. The number of hydrogen-bond donors (Lipinski definition) is 3. The first kappa shape index (κ1) is 17.7. The van der Waals surface area contributed by atoms with Crippen LogP contribution >= 0.6 is 0 Å². The van der Waals surface area contributed by atoms with Crippen LogP contribution in [-0.2, 0) is 14.6 Å². The van der Waals surface area contributed by atoms with Crippen molar-refractivity contribution in [3.8, 4) is 0 Å². The van der Waals surface area contributed by atoms with E-state index in [1.807, 2.05) is 0 Å². The summed E-state index contributed by atoms with van der Waals surface area (Å²) in [6.45, 7) is 0. The second kappa shape index (κ2) is 6.10. The maximum Gasteiger partial charge on any atom is 0.501 e. The summed E-state index contributed by atoms with van der Waals surface area (Å²) < 4.78 is 60.3. The molecule has 0 aromatic heterocycles. The smallest absolute Gasteiger partial charge is 0.391 e. The minimum Gasteiger partial charge on any atom is -0.391 e. The van der Waals surface area contributed by atoms with Crippen molar-refractivity contribution >= 4 is 21.4 Å². The molecule has 23 heavy (non-hydrogen) atoms. The average molecular weight is 352 g/mol. The van der Waals surface area contributed by atoms with Crippen LogP contribution in [0.15, 0.2) is 29.2 Å². The second-order valence-electron chi connectivity index (χ2n) is 5.29. The molecule has 0 bridgehead atoms. The van der Waals surface area contributed by atoms with E-state index in [9.17, 15) is 31.5 Å². The highest BCUT2D eigenvalue weighted by molar-refractivity contribution is 7.92. The van der Waals surface area contributed by atoms with Crippen molar-refractivity contribution in [1.82, 2.24) is 0 Å². The molecule has 2 rings (SSSR count). The zero-order valence-electron chi connectivity index (χ0n) is 11.7. The lowest BCUT2D eigenvalue weighted by atomic mass is 10.0. The van der Waals surface area contributed by atoms with Gasteiger partial charge in [-0.3, -0.25) is 4.79 Å². The fraction of sp³-hybridized carbons (Fsp3) is 0.462. The van der Waals surface area contributed by atoms with Gasteiger partial charge in [0, 0.05) is 11.7 Å². The zero-order valence-corrected chi connectivity index (χ0v) is 12.6. The molecule has 128 valence electrons. The normalized spacial score (nSPS) is 25.3. The van der Waals surface area contributed by atoms with Gasteiger partial charge in [-0.1, -0.05) is 6.07 Å². The predicted octanol–water partition coefficient (Wildman–Crippen LogP) is 1.02. The molecule has 1 aromatic carbocycles. The van der Waals surface area contributed by atoms with Gasteiger partial charge < -0.3 is 16.2 Å². The van der Waals surface area contributed by atoms with E-state index in [1.165, 1.54) is 6.07 Å². The Labute approximate surface area is 130 Å². The number of nitrogens with two attached hydrogens (primary N) is 1. The van der Waals surface area contributed by atoms with Crippen molar-refractivity contribution < 1.29 is 31.5 Å². The maximum absolute atomic E-state index is 12.5. The van der Waals surface area contributed by atoms with Gasteiger partial charge in [0.25, 0.3) is 9.84 Å². The SMILES string of the molecule is N[C@H]1C(C(=O)Nc2cccc(S(=O)(=O)C(F)(F)F)c2)CC[C@H]1O. The fourth-order valence-electron chi connectivity index (χ4n) is 2.42. The number of hydrogen-bond acceptors (Lipinski definition) is 5. The molecule has 1 aromatic rings. The highest BCUT2D eigenvalue weighted by Gasteiger charge is 2.47. The van der Waals surface area contributed by atoms with Gasteiger partial charge >= 0.3 is 5.51 Å². The van der Waals surface area contributed by atoms with Crippen molar-refractivity contribution in [1.29, 1.82) is 0 Å². The number of carbonyl (C=O) groups is 1. The second-order valence-corrected chi connectivity index (χ2v) is 7.24. The summed E-state index contributed by atoms with van der Waals surface area (Å²) in [7, 11) is -5.49. The molecule has 0 heterocycles. The van der Waals surface area contributed by atoms with E-state index in [2.05, 4.69) is 5.32 Å². The van der Waals surface area contributed by atoms with Crippen molar-refractivity contribution in [2.75, 3.05) is 5.32 Å². The van der Waals surface area contributed by atoms with Crippen molar-refractivity contribution in [2.45, 2.75) is 35.4 Å². The lowest BCUT2D eigenvalue weighted by molar-refractivity contribution is -0.120. The van der Waals surface area contributed by atoms with Gasteiger partial charge in [0.05, 0.1) is 16.9 Å². The largest absolute Gasteiger partial charge is 0.501 e. The van der Waals surface area contributed by atoms with Crippen molar-refractivity contribution in [3.63, 3.8) is 0 Å². The Hall–Kier alpha value is -1.65. The zero-order chi connectivity index (χ0) is 17.4. The van der Waals surface area contributed by atoms with Crippen molar-refractivity contribution in [3.05, 3.63) is 24.3 Å². The first-order valence-electron chi connectivity index (χ1n) is 6.70. The molecular weight excluding hydrogens is 337 g/mol. The number of nitrogens with one attached hydrogen (secondary N) is 1. The molecule has 1 amide bonds. The number of carbonyl (C=O) groups excluding carboxylic acids is 1. The van der Waals surface area contributed by atoms with E-state index >= 15 is 0 Å². The molecule has 1 aliphatic carbocycles. The lowest BCUT2D eigenvalue weighted by Crippen LogP contribution is -2.40. The van der Waals surface area contributed by atoms with Crippen LogP contribution in [0.5, 0.6) is 0 Å². The van der Waals surface area contributed by atoms with Crippen LogP contribution in [0.2, 0.25) is 0 Å². The van der Waals surface area contributed by atoms with Crippen LogP contribution in [-0.4, -0.2) is 37.1 Å². The Kier molecular flexibility index (Phi) is 4.69. The van der Waals surface area contributed by atoms with Gasteiger partial charge in [-0.25, -0.2) is 8.42 Å². The minimum absolute atomic E-state index is 0.0890. The van der Waals surface area contributed by atoms with E-state index in [4.69, 9.17) is 5.73 Å². The lowest BCUT2D eigenvalue weighted by Gasteiger charge is -2.17. The quantitative estimate of drug-likeness (QED) is 0.752. The molecule has 0 aliphatic heterocycles. The van der Waals surface area contributed by atoms with Crippen LogP contribution in [0.25, 0.3) is 0 Å². The molecule has 1 fully saturated rings. The first-order valence-corrected chi connectivity index (χ1v) is 8.18. The molecule has 3 atom stereocenters. The number of aliphatic hydroxyl groups is 1. The number of benzene rings is 1. The van der Waals surface area contributed by atoms with E-state index in [-0.39, 0.29) is 5.69 Å². The molecule has 4 N–H and O–H groups in total. The number of amides is 1. The molecule has 1 unspecified atom stereocenters. The van der Waals surface area contributed by atoms with E-state index < -0.39 is 44.2 Å². The Morgan fingerprint density at radius 1 is 1.30 bits per heavy atom. The topological polar surface area (TPSA) is 109 Å². The highest BCUT2D eigenvalue weighted by atomic mass is 32.2. The van der Waals surface area contributed by atoms with Crippen LogP contribution in [0.3, 0.4) is 0 Å². The first-order chi connectivity index (χ1) is 10.5. The summed E-state index contributed by atoms with van der Waals surface area (Å²) in [5, 5.41) is 11.9. The number of anilines is 1. The van der Waals surface area contributed by atoms with Gasteiger partial charge in [-0.05, 0) is 31.0 Å². The average Bonchev–Trinajstić information content (AvgIpc) is 2.78. The third-order valence-electron chi connectivity index (χ3n) is 3.74. The standard InChI is InChI=1S/C13H15F3N2O4S/c14-13(15,16)23(21,22)8-3-1-2-7(6-8)18-12(20)9-4-5-10(19)11(9)17/h1-3,6,9-11,19H,4-5,17H2,(H,18,20)/t9?,10-,11+/m1/s1. The van der Waals surface area contributed by atoms with Gasteiger partial charge in [-0.15, -0.1) is 0 Å². The summed E-state index contributed by atoms with van der Waals surface area (Å²) in [4.78, 5) is 11.1. The van der Waals surface area contributed by atoms with Crippen LogP contribution < -0.4 is 11.1 Å². The molecule has 0 saturated heterocycles. The molecule has 1 saturated carbocycles. The number of rotatable bonds is 3.